The zero-order chi connectivity index (χ0) is 17.0. The first-order valence-electron chi connectivity index (χ1n) is 6.66. The molecule has 0 aromatic heterocycles. The standard InChI is InChI=1S/C16H13BrF2N2O2/c1-10(22)21(12-5-2-4-11(17)8-12)9-15(23)20-16-13(18)6-3-7-14(16)19/h2-8H,9H2,1H3,(H,20,23). The molecular formula is C16H13BrF2N2O2. The molecule has 1 N–H and O–H groups in total. The van der Waals surface area contributed by atoms with Crippen molar-refractivity contribution in [3.63, 3.8) is 0 Å². The van der Waals surface area contributed by atoms with E-state index in [0.29, 0.717) is 5.69 Å². The summed E-state index contributed by atoms with van der Waals surface area (Å²) in [5.41, 5.74) is -0.0359. The van der Waals surface area contributed by atoms with Crippen molar-refractivity contribution in [2.45, 2.75) is 6.92 Å². The van der Waals surface area contributed by atoms with Crippen molar-refractivity contribution in [2.24, 2.45) is 0 Å². The summed E-state index contributed by atoms with van der Waals surface area (Å²) in [6.45, 7) is 0.942. The Morgan fingerprint density at radius 2 is 1.74 bits per heavy atom. The number of anilines is 2. The van der Waals surface area contributed by atoms with Crippen molar-refractivity contribution in [2.75, 3.05) is 16.8 Å². The summed E-state index contributed by atoms with van der Waals surface area (Å²) in [5, 5.41) is 2.15. The number of para-hydroxylation sites is 1. The fraction of sp³-hybridized carbons (Fsp3) is 0.125. The summed E-state index contributed by atoms with van der Waals surface area (Å²) in [4.78, 5) is 25.0. The van der Waals surface area contributed by atoms with Crippen molar-refractivity contribution >= 4 is 39.1 Å². The van der Waals surface area contributed by atoms with Crippen LogP contribution in [0.4, 0.5) is 20.2 Å². The summed E-state index contributed by atoms with van der Waals surface area (Å²) in [6, 6.07) is 10.1. The van der Waals surface area contributed by atoms with Gasteiger partial charge in [-0.05, 0) is 30.3 Å². The van der Waals surface area contributed by atoms with Crippen LogP contribution in [0.25, 0.3) is 0 Å². The number of carbonyl (C=O) groups excluding carboxylic acids is 2. The van der Waals surface area contributed by atoms with Crippen molar-refractivity contribution < 1.29 is 18.4 Å². The monoisotopic (exact) mass is 382 g/mol. The maximum atomic E-state index is 13.5. The second-order valence-corrected chi connectivity index (χ2v) is 5.65. The van der Waals surface area contributed by atoms with Crippen LogP contribution in [0.3, 0.4) is 0 Å². The molecule has 23 heavy (non-hydrogen) atoms. The lowest BCUT2D eigenvalue weighted by molar-refractivity contribution is -0.120. The van der Waals surface area contributed by atoms with Crippen molar-refractivity contribution in [3.8, 4) is 0 Å². The number of amides is 2. The SMILES string of the molecule is CC(=O)N(CC(=O)Nc1c(F)cccc1F)c1cccc(Br)c1. The van der Waals surface area contributed by atoms with E-state index in [1.807, 2.05) is 0 Å². The lowest BCUT2D eigenvalue weighted by Crippen LogP contribution is -2.37. The van der Waals surface area contributed by atoms with Gasteiger partial charge in [-0.3, -0.25) is 9.59 Å². The number of nitrogens with zero attached hydrogens (tertiary/aromatic N) is 1. The molecule has 120 valence electrons. The zero-order valence-electron chi connectivity index (χ0n) is 12.1. The highest BCUT2D eigenvalue weighted by atomic mass is 79.9. The van der Waals surface area contributed by atoms with Gasteiger partial charge in [-0.1, -0.05) is 28.1 Å². The molecular weight excluding hydrogens is 370 g/mol. The maximum absolute atomic E-state index is 13.5. The average Bonchev–Trinajstić information content (AvgIpc) is 2.48. The third kappa shape index (κ3) is 4.35. The molecule has 2 aromatic carbocycles. The summed E-state index contributed by atoms with van der Waals surface area (Å²) >= 11 is 3.28. The van der Waals surface area contributed by atoms with Gasteiger partial charge >= 0.3 is 0 Å². The van der Waals surface area contributed by atoms with E-state index < -0.39 is 23.2 Å². The number of benzene rings is 2. The van der Waals surface area contributed by atoms with E-state index in [0.717, 1.165) is 16.6 Å². The lowest BCUT2D eigenvalue weighted by atomic mass is 10.2. The highest BCUT2D eigenvalue weighted by Gasteiger charge is 2.18. The first-order valence-corrected chi connectivity index (χ1v) is 7.45. The van der Waals surface area contributed by atoms with Crippen LogP contribution < -0.4 is 10.2 Å². The first-order chi connectivity index (χ1) is 10.9. The Bertz CT molecular complexity index is 732. The molecule has 0 aliphatic carbocycles. The van der Waals surface area contributed by atoms with Gasteiger partial charge in [0.05, 0.1) is 0 Å². The molecule has 0 saturated heterocycles. The van der Waals surface area contributed by atoms with Crippen molar-refractivity contribution in [1.29, 1.82) is 0 Å². The van der Waals surface area contributed by atoms with Gasteiger partial charge in [0.1, 0.15) is 23.9 Å². The Hall–Kier alpha value is -2.28. The van der Waals surface area contributed by atoms with Crippen LogP contribution in [0.15, 0.2) is 46.9 Å². The molecule has 2 aromatic rings. The average molecular weight is 383 g/mol. The predicted molar refractivity (Wildman–Crippen MR) is 87.2 cm³/mol. The largest absolute Gasteiger partial charge is 0.320 e. The molecule has 7 heteroatoms. The Balaban J connectivity index is 2.18. The van der Waals surface area contributed by atoms with Gasteiger partial charge in [0.2, 0.25) is 11.8 Å². The number of rotatable bonds is 4. The molecule has 0 bridgehead atoms. The summed E-state index contributed by atoms with van der Waals surface area (Å²) < 4.78 is 27.8. The van der Waals surface area contributed by atoms with Crippen LogP contribution in [0.5, 0.6) is 0 Å². The predicted octanol–water partition coefficient (Wildman–Crippen LogP) is 3.72. The molecule has 0 saturated carbocycles. The van der Waals surface area contributed by atoms with Gasteiger partial charge in [-0.2, -0.15) is 0 Å². The number of nitrogens with one attached hydrogen (secondary N) is 1. The third-order valence-corrected chi connectivity index (χ3v) is 3.52. The second-order valence-electron chi connectivity index (χ2n) is 4.73. The van der Waals surface area contributed by atoms with Gasteiger partial charge in [0.15, 0.2) is 0 Å². The van der Waals surface area contributed by atoms with E-state index in [-0.39, 0.29) is 12.5 Å². The molecule has 2 amide bonds. The summed E-state index contributed by atoms with van der Waals surface area (Å²) in [7, 11) is 0. The Labute approximate surface area is 140 Å². The van der Waals surface area contributed by atoms with Gasteiger partial charge in [0.25, 0.3) is 0 Å². The molecule has 0 spiro atoms. The van der Waals surface area contributed by atoms with Crippen LogP contribution in [0.2, 0.25) is 0 Å². The topological polar surface area (TPSA) is 49.4 Å². The van der Waals surface area contributed by atoms with E-state index >= 15 is 0 Å². The lowest BCUT2D eigenvalue weighted by Gasteiger charge is -2.21. The number of hydrogen-bond acceptors (Lipinski definition) is 2. The normalized spacial score (nSPS) is 10.3. The van der Waals surface area contributed by atoms with Crippen LogP contribution in [-0.4, -0.2) is 18.4 Å². The molecule has 0 unspecified atom stereocenters. The van der Waals surface area contributed by atoms with Gasteiger partial charge in [-0.15, -0.1) is 0 Å². The van der Waals surface area contributed by atoms with Crippen LogP contribution >= 0.6 is 15.9 Å². The molecule has 0 fully saturated rings. The van der Waals surface area contributed by atoms with Crippen LogP contribution in [-0.2, 0) is 9.59 Å². The molecule has 0 heterocycles. The van der Waals surface area contributed by atoms with Crippen LogP contribution in [0, 0.1) is 11.6 Å². The number of carbonyl (C=O) groups is 2. The minimum atomic E-state index is -0.879. The van der Waals surface area contributed by atoms with Gasteiger partial charge < -0.3 is 10.2 Å². The zero-order valence-corrected chi connectivity index (χ0v) is 13.7. The maximum Gasteiger partial charge on any atom is 0.244 e. The minimum absolute atomic E-state index is 0.362. The van der Waals surface area contributed by atoms with Crippen molar-refractivity contribution in [3.05, 3.63) is 58.6 Å². The summed E-state index contributed by atoms with van der Waals surface area (Å²) in [5.74, 6) is -2.83. The number of halogens is 3. The smallest absolute Gasteiger partial charge is 0.244 e. The highest BCUT2D eigenvalue weighted by Crippen LogP contribution is 2.21. The fourth-order valence-corrected chi connectivity index (χ4v) is 2.36. The molecule has 0 atom stereocenters. The minimum Gasteiger partial charge on any atom is -0.320 e. The van der Waals surface area contributed by atoms with E-state index in [4.69, 9.17) is 0 Å². The molecule has 2 rings (SSSR count). The first kappa shape index (κ1) is 17.1. The Morgan fingerprint density at radius 1 is 1.13 bits per heavy atom. The molecule has 0 aliphatic heterocycles. The van der Waals surface area contributed by atoms with E-state index in [2.05, 4.69) is 21.2 Å². The van der Waals surface area contributed by atoms with Gasteiger partial charge in [-0.25, -0.2) is 8.78 Å². The number of hydrogen-bond donors (Lipinski definition) is 1. The highest BCUT2D eigenvalue weighted by molar-refractivity contribution is 9.10. The van der Waals surface area contributed by atoms with Crippen LogP contribution in [0.1, 0.15) is 6.92 Å². The fourth-order valence-electron chi connectivity index (χ4n) is 1.97. The molecule has 0 aliphatic rings. The van der Waals surface area contributed by atoms with Gasteiger partial charge in [0, 0.05) is 17.1 Å². The Kier molecular flexibility index (Phi) is 5.44. The van der Waals surface area contributed by atoms with E-state index in [9.17, 15) is 18.4 Å². The van der Waals surface area contributed by atoms with Crippen molar-refractivity contribution in [1.82, 2.24) is 0 Å². The summed E-state index contributed by atoms with van der Waals surface area (Å²) in [6.07, 6.45) is 0. The Morgan fingerprint density at radius 3 is 2.30 bits per heavy atom. The molecule has 0 radical (unpaired) electrons. The van der Waals surface area contributed by atoms with E-state index in [1.54, 1.807) is 24.3 Å². The third-order valence-electron chi connectivity index (χ3n) is 3.03. The second kappa shape index (κ2) is 7.32. The van der Waals surface area contributed by atoms with E-state index in [1.165, 1.54) is 17.9 Å². The molecule has 4 nitrogen and oxygen atoms in total. The quantitative estimate of drug-likeness (QED) is 0.875.